The molecule has 6 aromatic rings. The van der Waals surface area contributed by atoms with E-state index in [-0.39, 0.29) is 63.0 Å². The number of benzene rings is 3. The van der Waals surface area contributed by atoms with E-state index in [0.717, 1.165) is 79.3 Å². The molecule has 3 aromatic heterocycles. The monoisotopic (exact) mass is 1250 g/mol. The lowest BCUT2D eigenvalue weighted by Crippen LogP contribution is -2.34. The summed E-state index contributed by atoms with van der Waals surface area (Å²) in [6.45, 7) is 14.5. The molecule has 12 rings (SSSR count). The fourth-order valence-electron chi connectivity index (χ4n) is 9.05. The number of amides is 6. The number of thioether (sulfide) groups is 6. The standard InChI is InChI=1S/C21H18N2O4S2.C20H18N2O3S2.C19H15N3O5S2/c1-11(2)23-20(25)17(28-21(23)26)10-15-5-7-19(27-15)29-18-9-14-8-13(12(3)24)4-6-16(14)22-18;1-11(2)22-19(23)16(26-20(22)24)10-14-5-7-18(25-14)27-17-9-13-8-12(3)4-6-15(13)21-17;1-10(2)21-18(23)15(28-19(21)24)9-13-4-6-17(27-13)29-16-8-11-7-12(22(25)26)3-5-14(11)20-16/h4-8,10-11H,9H2,1-3H3;4-8,10-11H,9H2,1-3H3;3-7,9-10H,8H2,1-2H3/b17-10-;16-10-;15-9-. The van der Waals surface area contributed by atoms with E-state index in [0.29, 0.717) is 71.4 Å². The molecule has 0 N–H and O–H groups in total. The average Bonchev–Trinajstić information content (AvgIpc) is 3.57. The Morgan fingerprint density at radius 1 is 0.529 bits per heavy atom. The van der Waals surface area contributed by atoms with E-state index in [1.807, 2.05) is 44.2 Å². The van der Waals surface area contributed by atoms with E-state index >= 15 is 0 Å². The molecule has 0 saturated carbocycles. The molecule has 19 nitrogen and oxygen atoms in total. The Hall–Kier alpha value is -7.68. The van der Waals surface area contributed by atoms with Crippen LogP contribution in [0, 0.1) is 17.0 Å². The van der Waals surface area contributed by atoms with Crippen molar-refractivity contribution in [2.24, 2.45) is 15.0 Å². The van der Waals surface area contributed by atoms with Gasteiger partial charge in [-0.1, -0.05) is 17.7 Å². The predicted molar refractivity (Wildman–Crippen MR) is 336 cm³/mol. The van der Waals surface area contributed by atoms with Crippen LogP contribution >= 0.6 is 70.6 Å². The molecule has 6 aliphatic heterocycles. The maximum atomic E-state index is 12.4. The summed E-state index contributed by atoms with van der Waals surface area (Å²) in [5.74, 6) is 0.683. The molecule has 3 aromatic carbocycles. The van der Waals surface area contributed by atoms with Crippen LogP contribution in [0.3, 0.4) is 0 Å². The topological polar surface area (TPSA) is 249 Å². The smallest absolute Gasteiger partial charge is 0.293 e. The first kappa shape index (κ1) is 60.4. The summed E-state index contributed by atoms with van der Waals surface area (Å²) >= 11 is 6.98. The van der Waals surface area contributed by atoms with Gasteiger partial charge in [0.05, 0.1) is 51.8 Å². The number of hydrogen-bond acceptors (Lipinski definition) is 21. The molecular formula is C60H51N7O12S6. The van der Waals surface area contributed by atoms with Gasteiger partial charge in [-0.15, -0.1) is 0 Å². The zero-order valence-electron chi connectivity index (χ0n) is 46.7. The number of non-ortho nitro benzene ring substituents is 1. The summed E-state index contributed by atoms with van der Waals surface area (Å²) < 4.78 is 17.4. The molecule has 85 heavy (non-hydrogen) atoms. The van der Waals surface area contributed by atoms with E-state index < -0.39 is 4.92 Å². The quantitative estimate of drug-likeness (QED) is 0.0506. The number of furan rings is 3. The number of aryl methyl sites for hydroxylation is 1. The molecule has 9 heterocycles. The zero-order valence-corrected chi connectivity index (χ0v) is 51.6. The van der Waals surface area contributed by atoms with Crippen LogP contribution < -0.4 is 0 Å². The number of carbonyl (C=O) groups is 7. The van der Waals surface area contributed by atoms with Crippen molar-refractivity contribution in [2.45, 2.75) is 108 Å². The van der Waals surface area contributed by atoms with E-state index in [1.165, 1.54) is 73.2 Å². The average molecular weight is 1250 g/mol. The van der Waals surface area contributed by atoms with Crippen molar-refractivity contribution >= 4 is 166 Å². The number of ketones is 1. The maximum Gasteiger partial charge on any atom is 0.293 e. The molecular weight excluding hydrogens is 1200 g/mol. The van der Waals surface area contributed by atoms with Gasteiger partial charge in [0.15, 0.2) is 21.1 Å². The number of nitrogens with zero attached hydrogens (tertiary/aromatic N) is 7. The van der Waals surface area contributed by atoms with Gasteiger partial charge in [0.1, 0.15) is 17.3 Å². The Bertz CT molecular complexity index is 3840. The van der Waals surface area contributed by atoms with Gasteiger partial charge in [-0.05, 0) is 209 Å². The highest BCUT2D eigenvalue weighted by atomic mass is 32.2. The minimum atomic E-state index is -0.425. The molecule has 3 fully saturated rings. The molecule has 3 saturated heterocycles. The van der Waals surface area contributed by atoms with Gasteiger partial charge in [0.2, 0.25) is 0 Å². The lowest BCUT2D eigenvalue weighted by molar-refractivity contribution is -0.384. The molecule has 0 radical (unpaired) electrons. The summed E-state index contributed by atoms with van der Waals surface area (Å²) in [5, 5.41) is 14.7. The Morgan fingerprint density at radius 2 is 0.882 bits per heavy atom. The van der Waals surface area contributed by atoms with Gasteiger partial charge < -0.3 is 13.3 Å². The van der Waals surface area contributed by atoms with Crippen molar-refractivity contribution in [3.63, 3.8) is 0 Å². The summed E-state index contributed by atoms with van der Waals surface area (Å²) in [6, 6.07) is 26.6. The third-order valence-electron chi connectivity index (χ3n) is 13.1. The third kappa shape index (κ3) is 13.9. The normalized spacial score (nSPS) is 17.6. The zero-order chi connectivity index (χ0) is 60.5. The van der Waals surface area contributed by atoms with Gasteiger partial charge in [-0.25, -0.2) is 15.0 Å². The highest BCUT2D eigenvalue weighted by Crippen LogP contribution is 2.41. The van der Waals surface area contributed by atoms with Crippen LogP contribution in [-0.2, 0) is 33.6 Å². The molecule has 0 aliphatic carbocycles. The Balaban J connectivity index is 0.000000142. The highest BCUT2D eigenvalue weighted by Gasteiger charge is 2.39. The van der Waals surface area contributed by atoms with E-state index in [2.05, 4.69) is 34.0 Å². The van der Waals surface area contributed by atoms with Crippen LogP contribution in [0.5, 0.6) is 0 Å². The van der Waals surface area contributed by atoms with E-state index in [4.69, 9.17) is 13.3 Å². The van der Waals surface area contributed by atoms with Crippen molar-refractivity contribution in [1.82, 2.24) is 14.7 Å². The van der Waals surface area contributed by atoms with Gasteiger partial charge >= 0.3 is 0 Å². The molecule has 434 valence electrons. The second-order valence-corrected chi connectivity index (χ2v) is 26.6. The SMILES string of the molecule is CC(=O)c1ccc2c(c1)CC(Sc1ccc(/C=C3\SC(=O)N(C(C)C)C3=O)o1)=N2.CC(C)N1C(=O)S/C(=C\c2ccc(SC3=Nc4ccc([N+](=O)[O-])cc4C3)o2)C1=O.Cc1ccc2c(c1)CC(Sc1ccc(/C=C3\SC(=O)N(C(C)C)C3=O)o1)=N2. The highest BCUT2D eigenvalue weighted by molar-refractivity contribution is 8.19. The largest absolute Gasteiger partial charge is 0.450 e. The lowest BCUT2D eigenvalue weighted by Gasteiger charge is -2.16. The van der Waals surface area contributed by atoms with Crippen LogP contribution in [0.15, 0.2) is 149 Å². The van der Waals surface area contributed by atoms with Crippen LogP contribution in [0.4, 0.5) is 37.1 Å². The van der Waals surface area contributed by atoms with Crippen molar-refractivity contribution in [2.75, 3.05) is 0 Å². The summed E-state index contributed by atoms with van der Waals surface area (Å²) in [5.41, 5.74) is 7.60. The molecule has 25 heteroatoms. The number of carbonyl (C=O) groups excluding carboxylic acids is 7. The minimum absolute atomic E-state index is 0.0338. The number of aliphatic imine (C=N–C) groups is 3. The Morgan fingerprint density at radius 3 is 1.24 bits per heavy atom. The number of nitro groups is 1. The van der Waals surface area contributed by atoms with Crippen molar-refractivity contribution < 1.29 is 51.7 Å². The molecule has 6 amide bonds. The first-order valence-corrected chi connectivity index (χ1v) is 31.3. The fourth-order valence-corrected chi connectivity index (χ4v) is 14.5. The van der Waals surface area contributed by atoms with Gasteiger partial charge in [0.25, 0.3) is 39.1 Å². The Kier molecular flexibility index (Phi) is 18.1. The van der Waals surface area contributed by atoms with Crippen LogP contribution in [-0.4, -0.2) is 92.1 Å². The Labute approximate surface area is 512 Å². The van der Waals surface area contributed by atoms with Crippen molar-refractivity contribution in [3.8, 4) is 0 Å². The number of hydrogen-bond donors (Lipinski definition) is 0. The lowest BCUT2D eigenvalue weighted by atomic mass is 10.1. The molecule has 0 atom stereocenters. The van der Waals surface area contributed by atoms with Gasteiger partial charge in [-0.2, -0.15) is 0 Å². The van der Waals surface area contributed by atoms with Crippen LogP contribution in [0.1, 0.15) is 98.4 Å². The number of nitro benzene ring substituents is 1. The summed E-state index contributed by atoms with van der Waals surface area (Å²) in [7, 11) is 0. The molecule has 6 aliphatic rings. The third-order valence-corrected chi connectivity index (χ3v) is 18.4. The van der Waals surface area contributed by atoms with Gasteiger partial charge in [-0.3, -0.25) is 58.4 Å². The van der Waals surface area contributed by atoms with E-state index in [9.17, 15) is 43.7 Å². The first-order valence-electron chi connectivity index (χ1n) is 26.4. The van der Waals surface area contributed by atoms with Crippen LogP contribution in [0.25, 0.3) is 18.2 Å². The number of fused-ring (bicyclic) bond motifs is 3. The second kappa shape index (κ2) is 25.5. The molecule has 0 bridgehead atoms. The minimum Gasteiger partial charge on any atom is -0.450 e. The fraction of sp³-hybridized carbons (Fsp3) is 0.233. The second-order valence-electron chi connectivity index (χ2n) is 20.4. The summed E-state index contributed by atoms with van der Waals surface area (Å²) in [4.78, 5) is 114. The number of rotatable bonds is 11. The van der Waals surface area contributed by atoms with Crippen molar-refractivity contribution in [1.29, 1.82) is 0 Å². The van der Waals surface area contributed by atoms with Crippen LogP contribution in [0.2, 0.25) is 0 Å². The number of imide groups is 3. The van der Waals surface area contributed by atoms with E-state index in [1.54, 1.807) is 89.2 Å². The molecule has 0 unspecified atom stereocenters. The predicted octanol–water partition coefficient (Wildman–Crippen LogP) is 15.7. The molecule has 0 spiro atoms. The maximum absolute atomic E-state index is 12.4. The number of Topliss-reactive ketones (excluding diaryl/α,β-unsaturated/α-hetero) is 1. The first-order chi connectivity index (χ1) is 40.5. The van der Waals surface area contributed by atoms with Gasteiger partial charge in [0, 0.05) is 73.3 Å². The van der Waals surface area contributed by atoms with Crippen molar-refractivity contribution in [3.05, 3.63) is 161 Å². The summed E-state index contributed by atoms with van der Waals surface area (Å²) in [6.07, 6.45) is 6.72.